The number of halogens is 3. The summed E-state index contributed by atoms with van der Waals surface area (Å²) in [5, 5.41) is 16.6. The van der Waals surface area contributed by atoms with E-state index in [1.165, 1.54) is 6.07 Å². The standard InChI is InChI=1S/C28H30F3N5O2/c1-18-4-6-23(35-27(37)20-8-9-33-25(15-20)28(29,30)31)17-24(18)21-14-22(7-5-19(2)32-3)34-26(16-21)36-10-12-38-13-11-36/h4,6,8-9,14-17,19,27,32,35,37H,10-13H2,1-3H3/t19-,27?/m1/s1. The summed E-state index contributed by atoms with van der Waals surface area (Å²) in [6, 6.07) is 11.6. The lowest BCUT2D eigenvalue weighted by molar-refractivity contribution is -0.141. The molecule has 0 radical (unpaired) electrons. The maximum absolute atomic E-state index is 13.1. The molecule has 3 heterocycles. The normalized spacial score (nSPS) is 15.4. The molecule has 1 saturated heterocycles. The molecule has 1 aromatic carbocycles. The molecule has 38 heavy (non-hydrogen) atoms. The number of aliphatic hydroxyl groups is 1. The van der Waals surface area contributed by atoms with Crippen molar-refractivity contribution in [3.63, 3.8) is 0 Å². The molecule has 2 atom stereocenters. The van der Waals surface area contributed by atoms with Gasteiger partial charge in [-0.15, -0.1) is 0 Å². The third-order valence-corrected chi connectivity index (χ3v) is 6.24. The molecular weight excluding hydrogens is 495 g/mol. The molecule has 3 N–H and O–H groups in total. The fourth-order valence-electron chi connectivity index (χ4n) is 3.98. The minimum Gasteiger partial charge on any atom is -0.378 e. The number of hydrogen-bond donors (Lipinski definition) is 3. The Hall–Kier alpha value is -3.65. The fourth-order valence-corrected chi connectivity index (χ4v) is 3.98. The number of nitrogens with one attached hydrogen (secondary N) is 2. The minimum atomic E-state index is -4.60. The first-order valence-corrected chi connectivity index (χ1v) is 12.3. The van der Waals surface area contributed by atoms with Crippen molar-refractivity contribution in [2.45, 2.75) is 32.3 Å². The zero-order valence-electron chi connectivity index (χ0n) is 21.4. The van der Waals surface area contributed by atoms with Crippen LogP contribution >= 0.6 is 0 Å². The summed E-state index contributed by atoms with van der Waals surface area (Å²) in [6.45, 7) is 6.60. The van der Waals surface area contributed by atoms with Crippen molar-refractivity contribution in [1.29, 1.82) is 0 Å². The topological polar surface area (TPSA) is 82.5 Å². The van der Waals surface area contributed by atoms with Crippen molar-refractivity contribution in [3.8, 4) is 23.0 Å². The molecule has 10 heteroatoms. The van der Waals surface area contributed by atoms with E-state index in [0.717, 1.165) is 47.9 Å². The van der Waals surface area contributed by atoms with Crippen molar-refractivity contribution in [3.05, 3.63) is 71.2 Å². The largest absolute Gasteiger partial charge is 0.433 e. The smallest absolute Gasteiger partial charge is 0.378 e. The number of benzene rings is 1. The number of rotatable bonds is 6. The number of hydrogen-bond acceptors (Lipinski definition) is 7. The number of aliphatic hydroxyl groups excluding tert-OH is 1. The first-order valence-electron chi connectivity index (χ1n) is 12.3. The van der Waals surface area contributed by atoms with Crippen LogP contribution in [0.1, 0.15) is 35.7 Å². The number of morpholine rings is 1. The molecule has 4 rings (SSSR count). The lowest BCUT2D eigenvalue weighted by Crippen LogP contribution is -2.36. The van der Waals surface area contributed by atoms with Crippen LogP contribution in [0.3, 0.4) is 0 Å². The van der Waals surface area contributed by atoms with Gasteiger partial charge in [-0.1, -0.05) is 12.0 Å². The highest BCUT2D eigenvalue weighted by atomic mass is 19.4. The molecule has 0 bridgehead atoms. The van der Waals surface area contributed by atoms with Crippen LogP contribution in [0, 0.1) is 18.8 Å². The lowest BCUT2D eigenvalue weighted by atomic mass is 9.99. The molecule has 1 aliphatic heterocycles. The van der Waals surface area contributed by atoms with Crippen molar-refractivity contribution >= 4 is 11.5 Å². The number of aromatic nitrogens is 2. The van der Waals surface area contributed by atoms with Gasteiger partial charge in [0.25, 0.3) is 0 Å². The average molecular weight is 526 g/mol. The van der Waals surface area contributed by atoms with Crippen LogP contribution in [0.15, 0.2) is 48.7 Å². The monoisotopic (exact) mass is 525 g/mol. The third-order valence-electron chi connectivity index (χ3n) is 6.24. The van der Waals surface area contributed by atoms with Gasteiger partial charge in [0.1, 0.15) is 17.2 Å². The molecule has 3 aromatic rings. The molecule has 2 aromatic heterocycles. The second-order valence-corrected chi connectivity index (χ2v) is 9.03. The van der Waals surface area contributed by atoms with E-state index in [9.17, 15) is 18.3 Å². The molecule has 1 unspecified atom stereocenters. The van der Waals surface area contributed by atoms with Crippen LogP contribution in [-0.2, 0) is 10.9 Å². The van der Waals surface area contributed by atoms with Gasteiger partial charge >= 0.3 is 6.18 Å². The Morgan fingerprint density at radius 2 is 1.87 bits per heavy atom. The molecule has 1 fully saturated rings. The van der Waals surface area contributed by atoms with Gasteiger partial charge in [0.2, 0.25) is 0 Å². The van der Waals surface area contributed by atoms with Crippen LogP contribution in [0.2, 0.25) is 0 Å². The number of pyridine rings is 2. The van der Waals surface area contributed by atoms with Crippen LogP contribution in [-0.4, -0.2) is 54.5 Å². The number of aryl methyl sites for hydroxylation is 1. The second kappa shape index (κ2) is 11.8. The van der Waals surface area contributed by atoms with Crippen LogP contribution in [0.4, 0.5) is 24.7 Å². The van der Waals surface area contributed by atoms with Crippen molar-refractivity contribution in [2.24, 2.45) is 0 Å². The Balaban J connectivity index is 1.67. The summed E-state index contributed by atoms with van der Waals surface area (Å²) >= 11 is 0. The maximum Gasteiger partial charge on any atom is 0.433 e. The predicted octanol–water partition coefficient (Wildman–Crippen LogP) is 4.37. The van der Waals surface area contributed by atoms with E-state index in [4.69, 9.17) is 9.72 Å². The van der Waals surface area contributed by atoms with E-state index in [1.807, 2.05) is 45.2 Å². The zero-order valence-corrected chi connectivity index (χ0v) is 21.4. The average Bonchev–Trinajstić information content (AvgIpc) is 2.92. The summed E-state index contributed by atoms with van der Waals surface area (Å²) < 4.78 is 44.7. The summed E-state index contributed by atoms with van der Waals surface area (Å²) in [5.74, 6) is 7.09. The van der Waals surface area contributed by atoms with E-state index < -0.39 is 18.1 Å². The van der Waals surface area contributed by atoms with Crippen LogP contribution in [0.25, 0.3) is 11.1 Å². The SMILES string of the molecule is CN[C@H](C)C#Cc1cc(-c2cc(NC(O)c3ccnc(C(F)(F)F)c3)ccc2C)cc(N2CCOCC2)n1. The summed E-state index contributed by atoms with van der Waals surface area (Å²) in [5.41, 5.74) is 2.93. The highest BCUT2D eigenvalue weighted by Gasteiger charge is 2.33. The first kappa shape index (κ1) is 27.4. The van der Waals surface area contributed by atoms with Crippen molar-refractivity contribution < 1.29 is 23.0 Å². The van der Waals surface area contributed by atoms with Crippen molar-refractivity contribution in [2.75, 3.05) is 43.6 Å². The first-order chi connectivity index (χ1) is 18.1. The zero-order chi connectivity index (χ0) is 27.3. The van der Waals surface area contributed by atoms with Crippen LogP contribution < -0.4 is 15.5 Å². The molecule has 1 aliphatic rings. The fraction of sp³-hybridized carbons (Fsp3) is 0.357. The Bertz CT molecular complexity index is 1330. The number of nitrogens with zero attached hydrogens (tertiary/aromatic N) is 3. The van der Waals surface area contributed by atoms with Gasteiger partial charge in [-0.05, 0) is 79.9 Å². The summed E-state index contributed by atoms with van der Waals surface area (Å²) in [7, 11) is 1.84. The van der Waals surface area contributed by atoms with E-state index in [0.29, 0.717) is 24.6 Å². The minimum absolute atomic E-state index is 0.00547. The quantitative estimate of drug-likeness (QED) is 0.326. The van der Waals surface area contributed by atoms with E-state index >= 15 is 0 Å². The van der Waals surface area contributed by atoms with Gasteiger partial charge in [0.05, 0.1) is 19.3 Å². The number of ether oxygens (including phenoxy) is 1. The van der Waals surface area contributed by atoms with Gasteiger partial charge in [0, 0.05) is 30.5 Å². The van der Waals surface area contributed by atoms with Gasteiger partial charge < -0.3 is 25.4 Å². The molecule has 7 nitrogen and oxygen atoms in total. The lowest BCUT2D eigenvalue weighted by Gasteiger charge is -2.28. The maximum atomic E-state index is 13.1. The van der Waals surface area contributed by atoms with Crippen molar-refractivity contribution in [1.82, 2.24) is 15.3 Å². The highest BCUT2D eigenvalue weighted by molar-refractivity contribution is 5.74. The Kier molecular flexibility index (Phi) is 8.52. The molecule has 0 saturated carbocycles. The van der Waals surface area contributed by atoms with Crippen LogP contribution in [0.5, 0.6) is 0 Å². The molecule has 0 spiro atoms. The van der Waals surface area contributed by atoms with Gasteiger partial charge in [0.15, 0.2) is 6.23 Å². The number of anilines is 2. The van der Waals surface area contributed by atoms with E-state index in [-0.39, 0.29) is 11.6 Å². The number of alkyl halides is 3. The second-order valence-electron chi connectivity index (χ2n) is 9.03. The van der Waals surface area contributed by atoms with Gasteiger partial charge in [-0.25, -0.2) is 4.98 Å². The molecule has 0 aliphatic carbocycles. The Morgan fingerprint density at radius 1 is 1.11 bits per heavy atom. The van der Waals surface area contributed by atoms with E-state index in [2.05, 4.69) is 32.4 Å². The third kappa shape index (κ3) is 6.81. The predicted molar refractivity (Wildman–Crippen MR) is 141 cm³/mol. The highest BCUT2D eigenvalue weighted by Crippen LogP contribution is 2.32. The molecule has 0 amide bonds. The Labute approximate surface area is 220 Å². The van der Waals surface area contributed by atoms with E-state index in [1.54, 1.807) is 6.07 Å². The molecule has 200 valence electrons. The summed E-state index contributed by atoms with van der Waals surface area (Å²) in [4.78, 5) is 10.3. The van der Waals surface area contributed by atoms with Gasteiger partial charge in [-0.3, -0.25) is 4.98 Å². The molecular formula is C28H30F3N5O2. The van der Waals surface area contributed by atoms with Gasteiger partial charge in [-0.2, -0.15) is 13.2 Å². The Morgan fingerprint density at radius 3 is 2.58 bits per heavy atom. The summed E-state index contributed by atoms with van der Waals surface area (Å²) in [6.07, 6.45) is -4.93.